The number of hydrogen-bond donors (Lipinski definition) is 0. The molecule has 0 spiro atoms. The summed E-state index contributed by atoms with van der Waals surface area (Å²) in [5, 5.41) is 0. The van der Waals surface area contributed by atoms with Crippen molar-refractivity contribution in [2.45, 2.75) is 111 Å². The maximum Gasteiger partial charge on any atom is 0.344 e. The number of rotatable bonds is 17. The van der Waals surface area contributed by atoms with E-state index in [9.17, 15) is 24.0 Å². The number of amides is 1. The highest BCUT2D eigenvalue weighted by atomic mass is 16.6. The van der Waals surface area contributed by atoms with Gasteiger partial charge in [-0.05, 0) is 123 Å². The van der Waals surface area contributed by atoms with Gasteiger partial charge in [0, 0.05) is 12.6 Å². The van der Waals surface area contributed by atoms with Crippen LogP contribution >= 0.6 is 0 Å². The van der Waals surface area contributed by atoms with Gasteiger partial charge in [0.15, 0.2) is 18.1 Å². The fourth-order valence-electron chi connectivity index (χ4n) is 5.88. The smallest absolute Gasteiger partial charge is 0.344 e. The monoisotopic (exact) mass is 767 g/mol. The van der Waals surface area contributed by atoms with Gasteiger partial charge in [0.25, 0.3) is 5.91 Å². The van der Waals surface area contributed by atoms with Gasteiger partial charge in [0.1, 0.15) is 35.7 Å². The van der Waals surface area contributed by atoms with Crippen LogP contribution in [0.2, 0.25) is 0 Å². The second-order valence-corrected chi connectivity index (χ2v) is 16.0. The lowest BCUT2D eigenvalue weighted by molar-refractivity contribution is -0.165. The second-order valence-electron chi connectivity index (χ2n) is 16.0. The van der Waals surface area contributed by atoms with Gasteiger partial charge in [-0.3, -0.25) is 9.59 Å². The number of carbonyl (C=O) groups excluding carboxylic acids is 5. The van der Waals surface area contributed by atoms with E-state index in [2.05, 4.69) is 6.58 Å². The molecule has 3 rings (SSSR count). The zero-order valence-corrected chi connectivity index (χ0v) is 33.9. The zero-order chi connectivity index (χ0) is 41.1. The summed E-state index contributed by atoms with van der Waals surface area (Å²) in [6.45, 7) is 16.9. The van der Waals surface area contributed by atoms with E-state index < -0.39 is 58.4 Å². The number of ketones is 1. The molecule has 302 valence electrons. The van der Waals surface area contributed by atoms with Gasteiger partial charge in [0.05, 0.1) is 19.6 Å². The lowest BCUT2D eigenvalue weighted by Gasteiger charge is -2.36. The molecule has 0 bridgehead atoms. The molecule has 0 unspecified atom stereocenters. The van der Waals surface area contributed by atoms with Crippen LogP contribution in [0.3, 0.4) is 0 Å². The zero-order valence-electron chi connectivity index (χ0n) is 33.9. The third-order valence-corrected chi connectivity index (χ3v) is 8.47. The Morgan fingerprint density at radius 3 is 2.22 bits per heavy atom. The first kappa shape index (κ1) is 44.3. The van der Waals surface area contributed by atoms with Crippen molar-refractivity contribution in [2.75, 3.05) is 34.0 Å². The van der Waals surface area contributed by atoms with Gasteiger partial charge in [-0.15, -0.1) is 0 Å². The number of carbonyl (C=O) groups is 5. The van der Waals surface area contributed by atoms with Crippen molar-refractivity contribution in [2.24, 2.45) is 5.41 Å². The van der Waals surface area contributed by atoms with Crippen molar-refractivity contribution >= 4 is 29.6 Å². The lowest BCUT2D eigenvalue weighted by atomic mass is 9.87. The minimum Gasteiger partial charge on any atom is -0.493 e. The summed E-state index contributed by atoms with van der Waals surface area (Å²) in [4.78, 5) is 66.5. The first-order valence-electron chi connectivity index (χ1n) is 18.4. The number of ether oxygens (including phenoxy) is 7. The SMILES string of the molecule is C=CC(=O)OCC(C)(C)C(=O)C(=O)N1CCCC[C@H]1C(=O)O[C@H](CCc1cc(OC)c(OC)c(OC(C)(C)C)c1)c1cccc(OCC(=O)OC(C)(C)C)c1. The highest BCUT2D eigenvalue weighted by molar-refractivity contribution is 6.38. The molecule has 0 aromatic heterocycles. The molecular formula is C42H57NO12. The Morgan fingerprint density at radius 1 is 0.909 bits per heavy atom. The van der Waals surface area contributed by atoms with E-state index in [0.717, 1.165) is 11.6 Å². The van der Waals surface area contributed by atoms with E-state index in [1.54, 1.807) is 45.0 Å². The van der Waals surface area contributed by atoms with Crippen LogP contribution in [0.25, 0.3) is 0 Å². The fraction of sp³-hybridized carbons (Fsp3) is 0.548. The molecule has 1 aliphatic rings. The van der Waals surface area contributed by atoms with Crippen LogP contribution in [0.1, 0.15) is 98.3 Å². The minimum absolute atomic E-state index is 0.174. The molecule has 1 aliphatic heterocycles. The first-order valence-corrected chi connectivity index (χ1v) is 18.4. The summed E-state index contributed by atoms with van der Waals surface area (Å²) in [7, 11) is 3.07. The predicted molar refractivity (Wildman–Crippen MR) is 204 cm³/mol. The van der Waals surface area contributed by atoms with Crippen molar-refractivity contribution in [1.29, 1.82) is 0 Å². The number of likely N-dealkylation sites (tertiary alicyclic amines) is 1. The average molecular weight is 768 g/mol. The quantitative estimate of drug-likeness (QED) is 0.0745. The molecule has 0 aliphatic carbocycles. The summed E-state index contributed by atoms with van der Waals surface area (Å²) in [6.07, 6.45) is 2.33. The van der Waals surface area contributed by atoms with Gasteiger partial charge >= 0.3 is 17.9 Å². The van der Waals surface area contributed by atoms with Crippen LogP contribution in [0.5, 0.6) is 23.0 Å². The van der Waals surface area contributed by atoms with Crippen molar-refractivity contribution in [1.82, 2.24) is 4.90 Å². The number of Topliss-reactive ketones (excluding diaryl/α,β-unsaturated/α-hetero) is 1. The molecule has 1 amide bonds. The maximum absolute atomic E-state index is 14.1. The first-order chi connectivity index (χ1) is 25.7. The molecule has 13 nitrogen and oxygen atoms in total. The van der Waals surface area contributed by atoms with Crippen molar-refractivity contribution in [3.63, 3.8) is 0 Å². The molecule has 2 atom stereocenters. The Kier molecular flexibility index (Phi) is 15.3. The Balaban J connectivity index is 1.94. The summed E-state index contributed by atoms with van der Waals surface area (Å²) in [5.74, 6) is -1.83. The van der Waals surface area contributed by atoms with Crippen LogP contribution in [-0.2, 0) is 44.6 Å². The van der Waals surface area contributed by atoms with E-state index in [1.807, 2.05) is 32.9 Å². The van der Waals surface area contributed by atoms with Crippen LogP contribution in [0, 0.1) is 5.41 Å². The van der Waals surface area contributed by atoms with Gasteiger partial charge in [-0.1, -0.05) is 18.7 Å². The molecule has 13 heteroatoms. The summed E-state index contributed by atoms with van der Waals surface area (Å²) >= 11 is 0. The largest absolute Gasteiger partial charge is 0.493 e. The second kappa shape index (κ2) is 19.0. The molecule has 1 saturated heterocycles. The Morgan fingerprint density at radius 2 is 1.60 bits per heavy atom. The number of esters is 3. The minimum atomic E-state index is -1.35. The number of piperidine rings is 1. The fourth-order valence-corrected chi connectivity index (χ4v) is 5.88. The van der Waals surface area contributed by atoms with Gasteiger partial charge in [0.2, 0.25) is 11.5 Å². The molecule has 2 aromatic carbocycles. The highest BCUT2D eigenvalue weighted by Gasteiger charge is 2.42. The number of aryl methyl sites for hydroxylation is 1. The Labute approximate surface area is 324 Å². The number of nitrogens with zero attached hydrogens (tertiary/aromatic N) is 1. The molecule has 1 fully saturated rings. The number of hydrogen-bond acceptors (Lipinski definition) is 12. The molecule has 55 heavy (non-hydrogen) atoms. The van der Waals surface area contributed by atoms with Crippen molar-refractivity contribution in [3.8, 4) is 23.0 Å². The Bertz CT molecular complexity index is 1700. The van der Waals surface area contributed by atoms with E-state index in [1.165, 1.54) is 33.0 Å². The summed E-state index contributed by atoms with van der Waals surface area (Å²) in [5.41, 5.74) is -1.17. The van der Waals surface area contributed by atoms with E-state index in [0.29, 0.717) is 54.2 Å². The number of benzene rings is 2. The summed E-state index contributed by atoms with van der Waals surface area (Å²) in [6, 6.07) is 9.52. The molecular weight excluding hydrogens is 710 g/mol. The highest BCUT2D eigenvalue weighted by Crippen LogP contribution is 2.41. The van der Waals surface area contributed by atoms with Crippen molar-refractivity contribution in [3.05, 3.63) is 60.2 Å². The van der Waals surface area contributed by atoms with Crippen LogP contribution in [-0.4, -0.2) is 85.7 Å². The van der Waals surface area contributed by atoms with Gasteiger partial charge in [-0.2, -0.15) is 0 Å². The van der Waals surface area contributed by atoms with Crippen LogP contribution in [0.15, 0.2) is 49.1 Å². The third kappa shape index (κ3) is 13.3. The summed E-state index contributed by atoms with van der Waals surface area (Å²) < 4.78 is 39.9. The van der Waals surface area contributed by atoms with E-state index in [-0.39, 0.29) is 26.2 Å². The van der Waals surface area contributed by atoms with Crippen LogP contribution in [0.4, 0.5) is 0 Å². The van der Waals surface area contributed by atoms with E-state index >= 15 is 0 Å². The van der Waals surface area contributed by atoms with Crippen molar-refractivity contribution < 1.29 is 57.1 Å². The molecule has 1 heterocycles. The Hall–Kier alpha value is -5.07. The molecule has 0 radical (unpaired) electrons. The third-order valence-electron chi connectivity index (χ3n) is 8.47. The molecule has 0 N–H and O–H groups in total. The average Bonchev–Trinajstić information content (AvgIpc) is 3.12. The molecule has 2 aromatic rings. The lowest BCUT2D eigenvalue weighted by Crippen LogP contribution is -2.53. The van der Waals surface area contributed by atoms with Crippen LogP contribution < -0.4 is 18.9 Å². The maximum atomic E-state index is 14.1. The van der Waals surface area contributed by atoms with E-state index in [4.69, 9.17) is 33.2 Å². The number of methoxy groups -OCH3 is 2. The topological polar surface area (TPSA) is 153 Å². The molecule has 0 saturated carbocycles. The normalized spacial score (nSPS) is 15.2. The standard InChI is InChI=1S/C42H57NO12/c1-12-34(44)52-26-42(8,9)37(46)38(47)43-21-14-13-18-30(43)39(48)53-31(28-16-15-17-29(24-28)51-25-35(45)55-41(5,6)7)20-19-27-22-32(49-10)36(50-11)33(23-27)54-40(2,3)4/h12,15-17,22-24,30-31H,1,13-14,18-21,25-26H2,2-11H3/t30-,31+/m0/s1. The van der Waals surface area contributed by atoms with Gasteiger partial charge in [-0.25, -0.2) is 14.4 Å². The van der Waals surface area contributed by atoms with Gasteiger partial charge < -0.3 is 38.1 Å². The predicted octanol–water partition coefficient (Wildman–Crippen LogP) is 6.52.